The van der Waals surface area contributed by atoms with E-state index in [9.17, 15) is 0 Å². The molecule has 0 radical (unpaired) electrons. The molecule has 2 atom stereocenters. The van der Waals surface area contributed by atoms with Crippen LogP contribution in [0.25, 0.3) is 0 Å². The van der Waals surface area contributed by atoms with Crippen LogP contribution < -0.4 is 5.73 Å². The Morgan fingerprint density at radius 1 is 1.59 bits per heavy atom. The molecule has 0 amide bonds. The molecule has 2 rings (SSSR count). The van der Waals surface area contributed by atoms with Crippen LogP contribution in [0.15, 0.2) is 12.5 Å². The monoisotopic (exact) mass is 237 g/mol. The Morgan fingerprint density at radius 2 is 2.41 bits per heavy atom. The molecule has 17 heavy (non-hydrogen) atoms. The quantitative estimate of drug-likeness (QED) is 0.874. The summed E-state index contributed by atoms with van der Waals surface area (Å²) in [5.41, 5.74) is 7.39. The summed E-state index contributed by atoms with van der Waals surface area (Å²) in [4.78, 5) is 4.25. The van der Waals surface area contributed by atoms with Gasteiger partial charge in [-0.15, -0.1) is 0 Å². The van der Waals surface area contributed by atoms with E-state index < -0.39 is 0 Å². The summed E-state index contributed by atoms with van der Waals surface area (Å²) in [6, 6.07) is 0.499. The van der Waals surface area contributed by atoms with Gasteiger partial charge in [-0.25, -0.2) is 4.98 Å². The van der Waals surface area contributed by atoms with Gasteiger partial charge in [-0.2, -0.15) is 0 Å². The standard InChI is InChI=1S/C13H23N3O/c1-10(2)6-12(14)13-7-15-9-16(13)11-4-3-5-17-8-11/h7,9-12H,3-6,8,14H2,1-2H3. The van der Waals surface area contributed by atoms with Crippen LogP contribution >= 0.6 is 0 Å². The summed E-state index contributed by atoms with van der Waals surface area (Å²) < 4.78 is 7.75. The van der Waals surface area contributed by atoms with Crippen molar-refractivity contribution in [2.45, 2.75) is 45.2 Å². The van der Waals surface area contributed by atoms with Gasteiger partial charge in [-0.3, -0.25) is 0 Å². The second-order valence-electron chi connectivity index (χ2n) is 5.33. The molecule has 0 aliphatic carbocycles. The number of hydrogen-bond acceptors (Lipinski definition) is 3. The van der Waals surface area contributed by atoms with Crippen LogP contribution in [-0.4, -0.2) is 22.8 Å². The van der Waals surface area contributed by atoms with Gasteiger partial charge in [0.1, 0.15) is 0 Å². The second kappa shape index (κ2) is 5.65. The van der Waals surface area contributed by atoms with Gasteiger partial charge in [0.25, 0.3) is 0 Å². The maximum absolute atomic E-state index is 6.25. The van der Waals surface area contributed by atoms with Gasteiger partial charge in [-0.1, -0.05) is 13.8 Å². The molecular formula is C13H23N3O. The number of ether oxygens (including phenoxy) is 1. The average Bonchev–Trinajstić information content (AvgIpc) is 2.78. The fraction of sp³-hybridized carbons (Fsp3) is 0.769. The van der Waals surface area contributed by atoms with Crippen molar-refractivity contribution >= 4 is 0 Å². The fourth-order valence-corrected chi connectivity index (χ4v) is 2.48. The van der Waals surface area contributed by atoms with Gasteiger partial charge in [0.05, 0.1) is 24.7 Å². The number of hydrogen-bond donors (Lipinski definition) is 1. The van der Waals surface area contributed by atoms with E-state index in [0.29, 0.717) is 12.0 Å². The molecule has 4 heteroatoms. The molecule has 2 heterocycles. The van der Waals surface area contributed by atoms with Crippen LogP contribution in [0.2, 0.25) is 0 Å². The van der Waals surface area contributed by atoms with Crippen molar-refractivity contribution in [3.63, 3.8) is 0 Å². The van der Waals surface area contributed by atoms with Crippen molar-refractivity contribution in [2.75, 3.05) is 13.2 Å². The lowest BCUT2D eigenvalue weighted by Crippen LogP contribution is -2.25. The zero-order valence-electron chi connectivity index (χ0n) is 10.8. The first-order chi connectivity index (χ1) is 8.18. The lowest BCUT2D eigenvalue weighted by atomic mass is 10.0. The van der Waals surface area contributed by atoms with Crippen molar-refractivity contribution < 1.29 is 4.74 Å². The third-order valence-corrected chi connectivity index (χ3v) is 3.33. The second-order valence-corrected chi connectivity index (χ2v) is 5.33. The molecule has 1 aliphatic heterocycles. The van der Waals surface area contributed by atoms with Crippen LogP contribution in [0.3, 0.4) is 0 Å². The molecule has 4 nitrogen and oxygen atoms in total. The molecule has 2 N–H and O–H groups in total. The smallest absolute Gasteiger partial charge is 0.0952 e. The molecule has 0 aromatic carbocycles. The van der Waals surface area contributed by atoms with Crippen LogP contribution in [-0.2, 0) is 4.74 Å². The van der Waals surface area contributed by atoms with Crippen molar-refractivity contribution in [2.24, 2.45) is 11.7 Å². The molecule has 2 unspecified atom stereocenters. The molecule has 1 aromatic rings. The number of nitrogens with two attached hydrogens (primary N) is 1. The van der Waals surface area contributed by atoms with Gasteiger partial charge in [0.15, 0.2) is 0 Å². The number of imidazole rings is 1. The van der Waals surface area contributed by atoms with Crippen LogP contribution in [0.5, 0.6) is 0 Å². The summed E-state index contributed by atoms with van der Waals surface area (Å²) >= 11 is 0. The van der Waals surface area contributed by atoms with Gasteiger partial charge >= 0.3 is 0 Å². The highest BCUT2D eigenvalue weighted by atomic mass is 16.5. The number of nitrogens with zero attached hydrogens (tertiary/aromatic N) is 2. The lowest BCUT2D eigenvalue weighted by Gasteiger charge is -2.27. The van der Waals surface area contributed by atoms with Crippen molar-refractivity contribution in [3.8, 4) is 0 Å². The van der Waals surface area contributed by atoms with E-state index in [1.165, 1.54) is 0 Å². The van der Waals surface area contributed by atoms with Crippen LogP contribution in [0.1, 0.15) is 50.9 Å². The molecule has 0 spiro atoms. The Kier molecular flexibility index (Phi) is 4.18. The summed E-state index contributed by atoms with van der Waals surface area (Å²) in [5, 5.41) is 0. The van der Waals surface area contributed by atoms with Gasteiger partial charge in [-0.05, 0) is 25.2 Å². The summed E-state index contributed by atoms with van der Waals surface area (Å²) in [7, 11) is 0. The van der Waals surface area contributed by atoms with E-state index in [1.807, 2.05) is 12.5 Å². The van der Waals surface area contributed by atoms with Crippen molar-refractivity contribution in [1.82, 2.24) is 9.55 Å². The largest absolute Gasteiger partial charge is 0.379 e. The van der Waals surface area contributed by atoms with Gasteiger partial charge in [0.2, 0.25) is 0 Å². The van der Waals surface area contributed by atoms with E-state index in [2.05, 4.69) is 23.4 Å². The highest BCUT2D eigenvalue weighted by Crippen LogP contribution is 2.25. The normalized spacial score (nSPS) is 22.9. The maximum atomic E-state index is 6.25. The van der Waals surface area contributed by atoms with Crippen molar-refractivity contribution in [1.29, 1.82) is 0 Å². The zero-order chi connectivity index (χ0) is 12.3. The third-order valence-electron chi connectivity index (χ3n) is 3.33. The predicted molar refractivity (Wildman–Crippen MR) is 67.7 cm³/mol. The first kappa shape index (κ1) is 12.6. The van der Waals surface area contributed by atoms with E-state index >= 15 is 0 Å². The van der Waals surface area contributed by atoms with E-state index in [1.54, 1.807) is 0 Å². The third kappa shape index (κ3) is 3.07. The SMILES string of the molecule is CC(C)CC(N)c1cncn1C1CCCOC1. The van der Waals surface area contributed by atoms with Crippen LogP contribution in [0, 0.1) is 5.92 Å². The predicted octanol–water partition coefficient (Wildman–Crippen LogP) is 2.28. The molecule has 1 aromatic heterocycles. The van der Waals surface area contributed by atoms with Gasteiger partial charge < -0.3 is 15.0 Å². The van der Waals surface area contributed by atoms with E-state index in [4.69, 9.17) is 10.5 Å². The number of rotatable bonds is 4. The Morgan fingerprint density at radius 3 is 3.06 bits per heavy atom. The Labute approximate surface area is 103 Å². The molecular weight excluding hydrogens is 214 g/mol. The van der Waals surface area contributed by atoms with E-state index in [0.717, 1.165) is 38.2 Å². The molecule has 1 saturated heterocycles. The minimum absolute atomic E-state index is 0.0828. The van der Waals surface area contributed by atoms with E-state index in [-0.39, 0.29) is 6.04 Å². The minimum atomic E-state index is 0.0828. The van der Waals surface area contributed by atoms with Gasteiger partial charge in [0, 0.05) is 18.8 Å². The summed E-state index contributed by atoms with van der Waals surface area (Å²) in [6.45, 7) is 6.07. The Bertz CT molecular complexity index is 342. The first-order valence-corrected chi connectivity index (χ1v) is 6.53. The van der Waals surface area contributed by atoms with Crippen molar-refractivity contribution in [3.05, 3.63) is 18.2 Å². The molecule has 96 valence electrons. The molecule has 1 aliphatic rings. The molecule has 0 bridgehead atoms. The lowest BCUT2D eigenvalue weighted by molar-refractivity contribution is 0.0578. The molecule has 0 saturated carbocycles. The topological polar surface area (TPSA) is 53.1 Å². The minimum Gasteiger partial charge on any atom is -0.379 e. The zero-order valence-corrected chi connectivity index (χ0v) is 10.8. The highest BCUT2D eigenvalue weighted by Gasteiger charge is 2.21. The maximum Gasteiger partial charge on any atom is 0.0952 e. The Balaban J connectivity index is 2.09. The first-order valence-electron chi connectivity index (χ1n) is 6.53. The fourth-order valence-electron chi connectivity index (χ4n) is 2.48. The summed E-state index contributed by atoms with van der Waals surface area (Å²) in [5.74, 6) is 0.607. The van der Waals surface area contributed by atoms with Crippen LogP contribution in [0.4, 0.5) is 0 Å². The summed E-state index contributed by atoms with van der Waals surface area (Å²) in [6.07, 6.45) is 7.09. The Hall–Kier alpha value is -0.870. The molecule has 1 fully saturated rings. The number of aromatic nitrogens is 2. The highest BCUT2D eigenvalue weighted by molar-refractivity contribution is 5.06. The average molecular weight is 237 g/mol.